The van der Waals surface area contributed by atoms with Crippen LogP contribution in [0.25, 0.3) is 10.6 Å². The zero-order valence-corrected chi connectivity index (χ0v) is 14.7. The van der Waals surface area contributed by atoms with Crippen molar-refractivity contribution in [3.05, 3.63) is 53.3 Å². The molecule has 3 amide bonds. The van der Waals surface area contributed by atoms with Gasteiger partial charge in [-0.25, -0.2) is 14.8 Å². The summed E-state index contributed by atoms with van der Waals surface area (Å²) in [7, 11) is 0. The summed E-state index contributed by atoms with van der Waals surface area (Å²) in [5.74, 6) is 0.0186. The van der Waals surface area contributed by atoms with Crippen LogP contribution in [0.15, 0.2) is 42.0 Å². The number of hydrogen-bond acceptors (Lipinski definition) is 6. The number of nitrogens with two attached hydrogens (primary N) is 1. The fraction of sp³-hybridized carbons (Fsp3) is 0.118. The van der Waals surface area contributed by atoms with E-state index < -0.39 is 11.9 Å². The summed E-state index contributed by atoms with van der Waals surface area (Å²) in [6.45, 7) is 1.89. The fourth-order valence-electron chi connectivity index (χ4n) is 2.28. The molecular formula is C17H16N6O2S. The number of carbonyl (C=O) groups is 2. The van der Waals surface area contributed by atoms with Crippen molar-refractivity contribution in [2.24, 2.45) is 5.73 Å². The Balaban J connectivity index is 1.69. The molecule has 3 rings (SSSR count). The lowest BCUT2D eigenvalue weighted by molar-refractivity contribution is 0.0994. The number of primary amides is 1. The molecule has 132 valence electrons. The highest BCUT2D eigenvalue weighted by atomic mass is 32.1. The van der Waals surface area contributed by atoms with Crippen molar-refractivity contribution < 1.29 is 9.59 Å². The molecule has 0 radical (unpaired) electrons. The van der Waals surface area contributed by atoms with E-state index in [0.717, 1.165) is 16.1 Å². The molecule has 0 aliphatic carbocycles. The maximum absolute atomic E-state index is 12.1. The number of aromatic nitrogens is 3. The average molecular weight is 368 g/mol. The highest BCUT2D eigenvalue weighted by molar-refractivity contribution is 7.13. The van der Waals surface area contributed by atoms with Crippen LogP contribution < -0.4 is 16.4 Å². The first kappa shape index (κ1) is 17.5. The van der Waals surface area contributed by atoms with E-state index in [1.165, 1.54) is 11.3 Å². The monoisotopic (exact) mass is 368 g/mol. The topological polar surface area (TPSA) is 123 Å². The molecule has 0 atom stereocenters. The van der Waals surface area contributed by atoms with E-state index >= 15 is 0 Å². The first-order valence-corrected chi connectivity index (χ1v) is 8.68. The van der Waals surface area contributed by atoms with E-state index in [1.807, 2.05) is 19.1 Å². The zero-order chi connectivity index (χ0) is 18.5. The molecular weight excluding hydrogens is 352 g/mol. The summed E-state index contributed by atoms with van der Waals surface area (Å²) < 4.78 is 0. The van der Waals surface area contributed by atoms with Crippen LogP contribution in [-0.4, -0.2) is 26.9 Å². The van der Waals surface area contributed by atoms with Gasteiger partial charge in [0.25, 0.3) is 5.91 Å². The number of rotatable bonds is 5. The van der Waals surface area contributed by atoms with Crippen LogP contribution in [0.4, 0.5) is 16.4 Å². The van der Waals surface area contributed by atoms with Crippen molar-refractivity contribution in [2.75, 3.05) is 10.6 Å². The molecule has 4 N–H and O–H groups in total. The molecule has 3 heterocycles. The van der Waals surface area contributed by atoms with Crippen LogP contribution in [0.3, 0.4) is 0 Å². The number of urea groups is 1. The largest absolute Gasteiger partial charge is 0.364 e. The highest BCUT2D eigenvalue weighted by Crippen LogP contribution is 2.25. The Hall–Kier alpha value is -3.33. The molecule has 3 aromatic rings. The van der Waals surface area contributed by atoms with Crippen LogP contribution in [-0.2, 0) is 6.42 Å². The number of hydrogen-bond donors (Lipinski definition) is 3. The Labute approximate surface area is 153 Å². The van der Waals surface area contributed by atoms with Gasteiger partial charge in [-0.05, 0) is 30.2 Å². The summed E-state index contributed by atoms with van der Waals surface area (Å²) >= 11 is 1.40. The van der Waals surface area contributed by atoms with E-state index in [-0.39, 0.29) is 11.5 Å². The quantitative estimate of drug-likeness (QED) is 0.639. The van der Waals surface area contributed by atoms with Crippen molar-refractivity contribution in [3.8, 4) is 10.6 Å². The predicted octanol–water partition coefficient (Wildman–Crippen LogP) is 2.91. The second-order valence-corrected chi connectivity index (χ2v) is 6.13. The molecule has 0 unspecified atom stereocenters. The van der Waals surface area contributed by atoms with Gasteiger partial charge in [-0.15, -0.1) is 11.3 Å². The number of thiazole rings is 1. The van der Waals surface area contributed by atoms with Crippen molar-refractivity contribution >= 4 is 34.9 Å². The van der Waals surface area contributed by atoms with Crippen LogP contribution in [0, 0.1) is 0 Å². The summed E-state index contributed by atoms with van der Waals surface area (Å²) in [6, 6.07) is 6.51. The van der Waals surface area contributed by atoms with Gasteiger partial charge in [-0.3, -0.25) is 20.4 Å². The lowest BCUT2D eigenvalue weighted by Gasteiger charge is -2.08. The van der Waals surface area contributed by atoms with E-state index in [9.17, 15) is 9.59 Å². The maximum atomic E-state index is 12.1. The Kier molecular flexibility index (Phi) is 5.18. The molecule has 0 spiro atoms. The van der Waals surface area contributed by atoms with Gasteiger partial charge in [0.2, 0.25) is 0 Å². The zero-order valence-electron chi connectivity index (χ0n) is 13.9. The van der Waals surface area contributed by atoms with Crippen LogP contribution in [0.1, 0.15) is 23.0 Å². The molecule has 0 aliphatic heterocycles. The van der Waals surface area contributed by atoms with Gasteiger partial charge in [-0.1, -0.05) is 13.0 Å². The summed E-state index contributed by atoms with van der Waals surface area (Å²) in [5, 5.41) is 7.71. The molecule has 8 nitrogen and oxygen atoms in total. The van der Waals surface area contributed by atoms with Gasteiger partial charge in [-0.2, -0.15) is 0 Å². The minimum atomic E-state index is -0.632. The van der Waals surface area contributed by atoms with Gasteiger partial charge in [0.15, 0.2) is 0 Å². The number of carbonyl (C=O) groups excluding carboxylic acids is 2. The lowest BCUT2D eigenvalue weighted by Crippen LogP contribution is -2.22. The second kappa shape index (κ2) is 7.70. The van der Waals surface area contributed by atoms with Crippen molar-refractivity contribution in [1.82, 2.24) is 15.0 Å². The summed E-state index contributed by atoms with van der Waals surface area (Å²) in [4.78, 5) is 36.0. The Morgan fingerprint density at radius 2 is 1.81 bits per heavy atom. The molecule has 0 aromatic carbocycles. The SMILES string of the molecule is CCc1ccc(NC(=O)Nc2csc(-c3ccncc3)n2)nc1C(N)=O. The van der Waals surface area contributed by atoms with Crippen LogP contribution in [0.2, 0.25) is 0 Å². The minimum Gasteiger partial charge on any atom is -0.364 e. The third-order valence-corrected chi connectivity index (χ3v) is 4.40. The van der Waals surface area contributed by atoms with Crippen molar-refractivity contribution in [2.45, 2.75) is 13.3 Å². The maximum Gasteiger partial charge on any atom is 0.326 e. The summed E-state index contributed by atoms with van der Waals surface area (Å²) in [5.41, 5.74) is 7.13. The average Bonchev–Trinajstić information content (AvgIpc) is 3.10. The van der Waals surface area contributed by atoms with E-state index in [0.29, 0.717) is 12.2 Å². The van der Waals surface area contributed by atoms with Gasteiger partial charge < -0.3 is 5.73 Å². The normalized spacial score (nSPS) is 10.3. The third kappa shape index (κ3) is 4.01. The molecule has 0 saturated carbocycles. The number of nitrogens with one attached hydrogen (secondary N) is 2. The standard InChI is InChI=1S/C17H16N6O2S/c1-2-10-3-4-12(20-14(10)15(18)24)22-17(25)23-13-9-26-16(21-13)11-5-7-19-8-6-11/h3-9H,2H2,1H3,(H2,18,24)(H2,20,22,23,25). The Bertz CT molecular complexity index is 941. The highest BCUT2D eigenvalue weighted by Gasteiger charge is 2.12. The molecule has 0 saturated heterocycles. The first-order valence-electron chi connectivity index (χ1n) is 7.80. The number of nitrogens with zero attached hydrogens (tertiary/aromatic N) is 3. The van der Waals surface area contributed by atoms with E-state index in [4.69, 9.17) is 5.73 Å². The molecule has 0 aliphatic rings. The molecule has 0 bridgehead atoms. The molecule has 3 aromatic heterocycles. The third-order valence-electron chi connectivity index (χ3n) is 3.51. The van der Waals surface area contributed by atoms with Crippen molar-refractivity contribution in [1.29, 1.82) is 0 Å². The molecule has 0 fully saturated rings. The Morgan fingerprint density at radius 3 is 2.50 bits per heavy atom. The van der Waals surface area contributed by atoms with Gasteiger partial charge in [0, 0.05) is 23.3 Å². The van der Waals surface area contributed by atoms with Gasteiger partial charge >= 0.3 is 6.03 Å². The van der Waals surface area contributed by atoms with E-state index in [1.54, 1.807) is 29.9 Å². The smallest absolute Gasteiger partial charge is 0.326 e. The van der Waals surface area contributed by atoms with Crippen LogP contribution in [0.5, 0.6) is 0 Å². The van der Waals surface area contributed by atoms with Gasteiger partial charge in [0.1, 0.15) is 22.3 Å². The Morgan fingerprint density at radius 1 is 1.08 bits per heavy atom. The number of anilines is 2. The fourth-order valence-corrected chi connectivity index (χ4v) is 3.04. The number of aryl methyl sites for hydroxylation is 1. The number of pyridine rings is 2. The van der Waals surface area contributed by atoms with E-state index in [2.05, 4.69) is 25.6 Å². The van der Waals surface area contributed by atoms with Gasteiger partial charge in [0.05, 0.1) is 0 Å². The lowest BCUT2D eigenvalue weighted by atomic mass is 10.1. The summed E-state index contributed by atoms with van der Waals surface area (Å²) in [6.07, 6.45) is 3.98. The molecule has 9 heteroatoms. The van der Waals surface area contributed by atoms with Crippen molar-refractivity contribution in [3.63, 3.8) is 0 Å². The second-order valence-electron chi connectivity index (χ2n) is 5.27. The molecule has 26 heavy (non-hydrogen) atoms. The minimum absolute atomic E-state index is 0.152. The predicted molar refractivity (Wildman–Crippen MR) is 100 cm³/mol. The number of amides is 3. The first-order chi connectivity index (χ1) is 12.6. The van der Waals surface area contributed by atoms with Crippen LogP contribution >= 0.6 is 11.3 Å².